The van der Waals surface area contributed by atoms with Gasteiger partial charge in [0.05, 0.1) is 12.6 Å². The van der Waals surface area contributed by atoms with Gasteiger partial charge in [-0.15, -0.1) is 11.3 Å². The van der Waals surface area contributed by atoms with Crippen LogP contribution in [0.5, 0.6) is 0 Å². The van der Waals surface area contributed by atoms with Crippen LogP contribution >= 0.6 is 11.3 Å². The van der Waals surface area contributed by atoms with Gasteiger partial charge in [0.2, 0.25) is 5.60 Å². The van der Waals surface area contributed by atoms with Crippen LogP contribution in [-0.4, -0.2) is 106 Å². The lowest BCUT2D eigenvalue weighted by Crippen LogP contribution is -2.74. The number of carbonyl (C=O) groups excluding carboxylic acids is 5. The fraction of sp³-hybridized carbons (Fsp3) is 0.382. The summed E-state index contributed by atoms with van der Waals surface area (Å²) in [5, 5.41) is 10.2. The molecule has 1 aromatic heterocycles. The molecule has 3 aliphatic rings. The van der Waals surface area contributed by atoms with Crippen molar-refractivity contribution in [1.82, 2.24) is 19.5 Å². The molecule has 0 spiro atoms. The van der Waals surface area contributed by atoms with Crippen LogP contribution in [-0.2, 0) is 43.7 Å². The van der Waals surface area contributed by atoms with Crippen molar-refractivity contribution < 1.29 is 56.0 Å². The Morgan fingerprint density at radius 2 is 1.70 bits per heavy atom. The lowest BCUT2D eigenvalue weighted by molar-refractivity contribution is -0.164. The minimum absolute atomic E-state index is 0.00319. The Balaban J connectivity index is 1.26. The van der Waals surface area contributed by atoms with E-state index in [2.05, 4.69) is 20.8 Å². The SMILES string of the molecule is CC(C)(C)OC(=O)Nc1nc(/C(=N\OC2(C(=O)OC(c3ccccc3)c3ccccc3)CC2)C(=O)N[C@@H]2C(=O)N(S(=O)(=O)O)[C@@H]2CN2CCOC2=O)cs1. The van der Waals surface area contributed by atoms with Crippen LogP contribution in [0, 0.1) is 0 Å². The Kier molecular flexibility index (Phi) is 10.6. The molecule has 0 unspecified atom stereocenters. The van der Waals surface area contributed by atoms with Gasteiger partial charge in [-0.1, -0.05) is 65.8 Å². The van der Waals surface area contributed by atoms with Crippen molar-refractivity contribution in [2.24, 2.45) is 5.16 Å². The highest BCUT2D eigenvalue weighted by Crippen LogP contribution is 2.43. The number of carbonyl (C=O) groups is 5. The third kappa shape index (κ3) is 8.61. The number of ether oxygens (including phenoxy) is 3. The van der Waals surface area contributed by atoms with Crippen LogP contribution in [0.4, 0.5) is 14.7 Å². The maximum atomic E-state index is 13.9. The molecule has 1 aliphatic carbocycles. The number of cyclic esters (lactones) is 1. The molecular weight excluding hydrogens is 749 g/mol. The van der Waals surface area contributed by atoms with Crippen LogP contribution in [0.2, 0.25) is 0 Å². The molecule has 3 fully saturated rings. The molecule has 1 saturated carbocycles. The minimum Gasteiger partial charge on any atom is -0.450 e. The maximum absolute atomic E-state index is 13.9. The topological polar surface area (TPSA) is 232 Å². The summed E-state index contributed by atoms with van der Waals surface area (Å²) in [6.07, 6.45) is -2.04. The highest BCUT2D eigenvalue weighted by molar-refractivity contribution is 7.84. The predicted octanol–water partition coefficient (Wildman–Crippen LogP) is 3.03. The Morgan fingerprint density at radius 3 is 2.24 bits per heavy atom. The fourth-order valence-electron chi connectivity index (χ4n) is 5.58. The summed E-state index contributed by atoms with van der Waals surface area (Å²) in [6.45, 7) is 4.68. The van der Waals surface area contributed by atoms with E-state index in [1.807, 2.05) is 36.4 Å². The Bertz CT molecular complexity index is 2030. The second kappa shape index (κ2) is 15.0. The van der Waals surface area contributed by atoms with E-state index < -0.39 is 81.9 Å². The molecule has 3 N–H and O–H groups in total. The predicted molar refractivity (Wildman–Crippen MR) is 189 cm³/mol. The number of hydrogen-bond acceptors (Lipinski definition) is 14. The second-order valence-electron chi connectivity index (χ2n) is 13.5. The number of oxime groups is 1. The first-order valence-corrected chi connectivity index (χ1v) is 18.9. The van der Waals surface area contributed by atoms with Gasteiger partial charge in [-0.25, -0.2) is 23.7 Å². The summed E-state index contributed by atoms with van der Waals surface area (Å²) < 4.78 is 50.1. The van der Waals surface area contributed by atoms with Crippen LogP contribution in [0.15, 0.2) is 71.2 Å². The standard InChI is InChI=1S/C34H36N6O12S2/c1-33(2,3)51-31(44)37-30-35-22(19-53-30)24(27(41)36-25-23(18-39-16-17-49-32(39)45)40(28(25)42)54(46,47)48)38-52-34(14-15-34)29(43)50-26(20-10-6-4-7-11-20)21-12-8-5-9-13-21/h4-13,19,23,25-26H,14-18H2,1-3H3,(H,36,41)(H,35,37,44)(H,46,47,48)/b38-24+/t23-,25+/m1/s1. The van der Waals surface area contributed by atoms with Gasteiger partial charge in [-0.3, -0.25) is 19.5 Å². The molecule has 20 heteroatoms. The number of thiazole rings is 1. The molecule has 4 amide bonds. The van der Waals surface area contributed by atoms with E-state index in [0.29, 0.717) is 11.1 Å². The molecule has 0 bridgehead atoms. The van der Waals surface area contributed by atoms with Crippen LogP contribution < -0.4 is 10.6 Å². The highest BCUT2D eigenvalue weighted by atomic mass is 32.2. The summed E-state index contributed by atoms with van der Waals surface area (Å²) in [7, 11) is -5.08. The molecule has 3 aromatic rings. The van der Waals surface area contributed by atoms with Gasteiger partial charge in [-0.2, -0.15) is 8.42 Å². The minimum atomic E-state index is -5.08. The smallest absolute Gasteiger partial charge is 0.413 e. The molecule has 2 aliphatic heterocycles. The number of anilines is 1. The number of nitrogens with one attached hydrogen (secondary N) is 2. The first kappa shape index (κ1) is 38.1. The van der Waals surface area contributed by atoms with Crippen molar-refractivity contribution in [1.29, 1.82) is 0 Å². The maximum Gasteiger partial charge on any atom is 0.413 e. The normalized spacial score (nSPS) is 19.5. The Labute approximate surface area is 313 Å². The highest BCUT2D eigenvalue weighted by Gasteiger charge is 2.57. The van der Waals surface area contributed by atoms with Crippen molar-refractivity contribution in [2.75, 3.05) is 25.0 Å². The Morgan fingerprint density at radius 1 is 1.07 bits per heavy atom. The Hall–Kier alpha value is -5.60. The lowest BCUT2D eigenvalue weighted by atomic mass is 9.97. The number of rotatable bonds is 13. The van der Waals surface area contributed by atoms with Crippen molar-refractivity contribution in [2.45, 2.75) is 63.0 Å². The van der Waals surface area contributed by atoms with E-state index in [0.717, 1.165) is 16.2 Å². The number of hydrogen-bond donors (Lipinski definition) is 3. The van der Waals surface area contributed by atoms with E-state index in [9.17, 15) is 36.9 Å². The number of β-lactam (4-membered cyclic amide) rings is 1. The lowest BCUT2D eigenvalue weighted by Gasteiger charge is -2.45. The average molecular weight is 785 g/mol. The molecule has 2 saturated heterocycles. The molecule has 54 heavy (non-hydrogen) atoms. The van der Waals surface area contributed by atoms with Crippen molar-refractivity contribution in [3.8, 4) is 0 Å². The molecule has 0 radical (unpaired) electrons. The monoisotopic (exact) mass is 784 g/mol. The molecule has 3 heterocycles. The van der Waals surface area contributed by atoms with E-state index >= 15 is 0 Å². The summed E-state index contributed by atoms with van der Waals surface area (Å²) in [6, 6.07) is 15.1. The molecule has 2 atom stereocenters. The molecule has 2 aromatic carbocycles. The van der Waals surface area contributed by atoms with Crippen LogP contribution in [0.25, 0.3) is 0 Å². The third-order valence-electron chi connectivity index (χ3n) is 8.34. The number of esters is 1. The van der Waals surface area contributed by atoms with Crippen LogP contribution in [0.3, 0.4) is 0 Å². The zero-order valence-electron chi connectivity index (χ0n) is 29.2. The molecule has 18 nitrogen and oxygen atoms in total. The zero-order valence-corrected chi connectivity index (χ0v) is 30.8. The summed E-state index contributed by atoms with van der Waals surface area (Å²) >= 11 is 0.897. The van der Waals surface area contributed by atoms with Gasteiger partial charge in [0, 0.05) is 24.8 Å². The van der Waals surface area contributed by atoms with E-state index in [1.54, 1.807) is 45.0 Å². The van der Waals surface area contributed by atoms with Crippen molar-refractivity contribution in [3.63, 3.8) is 0 Å². The van der Waals surface area contributed by atoms with Gasteiger partial charge < -0.3 is 29.3 Å². The van der Waals surface area contributed by atoms with E-state index in [4.69, 9.17) is 19.0 Å². The molecule has 286 valence electrons. The van der Waals surface area contributed by atoms with Gasteiger partial charge in [0.25, 0.3) is 11.8 Å². The third-order valence-corrected chi connectivity index (χ3v) is 10.0. The largest absolute Gasteiger partial charge is 0.450 e. The van der Waals surface area contributed by atoms with E-state index in [-0.39, 0.29) is 41.1 Å². The molecule has 6 rings (SSSR count). The first-order valence-electron chi connectivity index (χ1n) is 16.6. The van der Waals surface area contributed by atoms with Gasteiger partial charge >= 0.3 is 28.5 Å². The van der Waals surface area contributed by atoms with Crippen molar-refractivity contribution in [3.05, 3.63) is 82.9 Å². The summed E-state index contributed by atoms with van der Waals surface area (Å²) in [4.78, 5) is 76.3. The number of aromatic nitrogens is 1. The van der Waals surface area contributed by atoms with Gasteiger partial charge in [0.15, 0.2) is 16.9 Å². The number of amides is 4. The number of nitrogens with zero attached hydrogens (tertiary/aromatic N) is 4. The quantitative estimate of drug-likeness (QED) is 0.0566. The van der Waals surface area contributed by atoms with Crippen LogP contribution in [0.1, 0.15) is 56.5 Å². The van der Waals surface area contributed by atoms with Gasteiger partial charge in [0.1, 0.15) is 23.9 Å². The van der Waals surface area contributed by atoms with Gasteiger partial charge in [-0.05, 0) is 31.9 Å². The first-order chi connectivity index (χ1) is 25.5. The summed E-state index contributed by atoms with van der Waals surface area (Å²) in [5.74, 6) is -3.05. The average Bonchev–Trinajstić information content (AvgIpc) is 3.59. The second-order valence-corrected chi connectivity index (χ2v) is 15.6. The fourth-order valence-corrected chi connectivity index (χ4v) is 7.13. The van der Waals surface area contributed by atoms with Crippen molar-refractivity contribution >= 4 is 62.5 Å². The summed E-state index contributed by atoms with van der Waals surface area (Å²) in [5.41, 5.74) is -1.73. The zero-order chi connectivity index (χ0) is 38.8. The van der Waals surface area contributed by atoms with E-state index in [1.165, 1.54) is 5.38 Å². The number of benzene rings is 2. The molecular formula is C34H36N6O12S2.